The first-order chi connectivity index (χ1) is 8.95. The summed E-state index contributed by atoms with van der Waals surface area (Å²) >= 11 is 0. The Bertz CT molecular complexity index is 545. The summed E-state index contributed by atoms with van der Waals surface area (Å²) in [4.78, 5) is 2.44. The van der Waals surface area contributed by atoms with Gasteiger partial charge in [0.1, 0.15) is 4.90 Å². The molecule has 1 aliphatic heterocycles. The van der Waals surface area contributed by atoms with E-state index in [4.69, 9.17) is 5.73 Å². The molecule has 1 aliphatic rings. The van der Waals surface area contributed by atoms with E-state index in [2.05, 4.69) is 16.5 Å². The number of rotatable bonds is 3. The molecule has 0 aromatic heterocycles. The van der Waals surface area contributed by atoms with Crippen molar-refractivity contribution in [3.8, 4) is 0 Å². The highest BCUT2D eigenvalue weighted by Gasteiger charge is 2.27. The Kier molecular flexibility index (Phi) is 4.13. The molecule has 0 spiro atoms. The molecule has 0 saturated carbocycles. The molecule has 2 atom stereocenters. The molecule has 2 rings (SSSR count). The van der Waals surface area contributed by atoms with E-state index in [1.54, 1.807) is 12.1 Å². The average molecular weight is 283 g/mol. The van der Waals surface area contributed by atoms with E-state index in [1.165, 1.54) is 7.05 Å². The van der Waals surface area contributed by atoms with Gasteiger partial charge in [0.25, 0.3) is 0 Å². The normalized spacial score (nSPS) is 24.5. The Labute approximate surface area is 114 Å². The fourth-order valence-electron chi connectivity index (χ4n) is 2.44. The first kappa shape index (κ1) is 14.3. The zero-order valence-corrected chi connectivity index (χ0v) is 12.2. The van der Waals surface area contributed by atoms with E-state index in [9.17, 15) is 8.42 Å². The fraction of sp³-hybridized carbons (Fsp3) is 0.538. The van der Waals surface area contributed by atoms with Crippen molar-refractivity contribution >= 4 is 15.7 Å². The molecule has 6 heteroatoms. The summed E-state index contributed by atoms with van der Waals surface area (Å²) in [5.41, 5.74) is 6.77. The Hall–Kier alpha value is -1.11. The van der Waals surface area contributed by atoms with Crippen LogP contribution in [0.1, 0.15) is 13.3 Å². The summed E-state index contributed by atoms with van der Waals surface area (Å²) in [7, 11) is -2.00. The Morgan fingerprint density at radius 2 is 2.05 bits per heavy atom. The zero-order valence-electron chi connectivity index (χ0n) is 11.3. The number of nitrogens with one attached hydrogen (secondary N) is 1. The molecule has 1 fully saturated rings. The maximum Gasteiger partial charge on any atom is 0.242 e. The summed E-state index contributed by atoms with van der Waals surface area (Å²) < 4.78 is 26.5. The predicted molar refractivity (Wildman–Crippen MR) is 76.7 cm³/mol. The molecule has 1 saturated heterocycles. The number of hydrogen-bond acceptors (Lipinski definition) is 4. The lowest BCUT2D eigenvalue weighted by Gasteiger charge is -2.37. The molecular weight excluding hydrogens is 262 g/mol. The van der Waals surface area contributed by atoms with E-state index >= 15 is 0 Å². The molecule has 1 heterocycles. The van der Waals surface area contributed by atoms with Crippen LogP contribution in [0.2, 0.25) is 0 Å². The number of nitrogens with zero attached hydrogens (tertiary/aromatic N) is 1. The van der Waals surface area contributed by atoms with Crippen LogP contribution in [0.4, 0.5) is 5.69 Å². The van der Waals surface area contributed by atoms with Crippen molar-refractivity contribution < 1.29 is 8.42 Å². The van der Waals surface area contributed by atoms with Crippen LogP contribution in [0.25, 0.3) is 0 Å². The van der Waals surface area contributed by atoms with E-state index in [0.29, 0.717) is 10.8 Å². The first-order valence-electron chi connectivity index (χ1n) is 6.49. The predicted octanol–water partition coefficient (Wildman–Crippen LogP) is 0.768. The van der Waals surface area contributed by atoms with Crippen molar-refractivity contribution in [2.24, 2.45) is 11.7 Å². The summed E-state index contributed by atoms with van der Waals surface area (Å²) in [6, 6.07) is 7.30. The van der Waals surface area contributed by atoms with Gasteiger partial charge < -0.3 is 10.6 Å². The number of piperidine rings is 1. The first-order valence-corrected chi connectivity index (χ1v) is 7.97. The van der Waals surface area contributed by atoms with Crippen molar-refractivity contribution in [1.29, 1.82) is 0 Å². The Morgan fingerprint density at radius 1 is 1.37 bits per heavy atom. The highest BCUT2D eigenvalue weighted by Crippen LogP contribution is 2.28. The van der Waals surface area contributed by atoms with Gasteiger partial charge in [0.2, 0.25) is 10.0 Å². The molecule has 1 aromatic carbocycles. The third-order valence-corrected chi connectivity index (χ3v) is 5.20. The van der Waals surface area contributed by atoms with Crippen LogP contribution in [-0.2, 0) is 10.0 Å². The summed E-state index contributed by atoms with van der Waals surface area (Å²) in [6.45, 7) is 3.69. The lowest BCUT2D eigenvalue weighted by Crippen LogP contribution is -2.46. The van der Waals surface area contributed by atoms with Crippen molar-refractivity contribution in [3.05, 3.63) is 24.3 Å². The highest BCUT2D eigenvalue weighted by atomic mass is 32.2. The summed E-state index contributed by atoms with van der Waals surface area (Å²) in [5, 5.41) is 0. The van der Waals surface area contributed by atoms with Crippen LogP contribution < -0.4 is 15.4 Å². The standard InChI is InChI=1S/C13H21N3O2S/c1-10-9-16(8-7-11(10)14)12-5-3-4-6-13(12)19(17,18)15-2/h3-6,10-11,15H,7-9,14H2,1-2H3. The number of sulfonamides is 1. The van der Waals surface area contributed by atoms with Crippen LogP contribution in [0.15, 0.2) is 29.2 Å². The van der Waals surface area contributed by atoms with Gasteiger partial charge in [-0.05, 0) is 31.5 Å². The van der Waals surface area contributed by atoms with Gasteiger partial charge in [-0.15, -0.1) is 0 Å². The van der Waals surface area contributed by atoms with Crippen LogP contribution >= 0.6 is 0 Å². The number of anilines is 1. The third-order valence-electron chi connectivity index (χ3n) is 3.74. The maximum absolute atomic E-state index is 12.0. The fourth-order valence-corrected chi connectivity index (χ4v) is 3.39. The molecule has 106 valence electrons. The summed E-state index contributed by atoms with van der Waals surface area (Å²) in [5.74, 6) is 0.360. The van der Waals surface area contributed by atoms with E-state index in [0.717, 1.165) is 25.2 Å². The van der Waals surface area contributed by atoms with Gasteiger partial charge in [-0.3, -0.25) is 0 Å². The van der Waals surface area contributed by atoms with Crippen molar-refractivity contribution in [2.75, 3.05) is 25.0 Å². The van der Waals surface area contributed by atoms with E-state index < -0.39 is 10.0 Å². The largest absolute Gasteiger partial charge is 0.370 e. The lowest BCUT2D eigenvalue weighted by molar-refractivity contribution is 0.382. The topological polar surface area (TPSA) is 75.4 Å². The molecule has 0 radical (unpaired) electrons. The monoisotopic (exact) mass is 283 g/mol. The Morgan fingerprint density at radius 3 is 2.68 bits per heavy atom. The molecule has 0 bridgehead atoms. The number of hydrogen-bond donors (Lipinski definition) is 2. The van der Waals surface area contributed by atoms with E-state index in [-0.39, 0.29) is 6.04 Å². The number of nitrogens with two attached hydrogens (primary N) is 1. The third kappa shape index (κ3) is 2.91. The van der Waals surface area contributed by atoms with Gasteiger partial charge >= 0.3 is 0 Å². The van der Waals surface area contributed by atoms with Crippen LogP contribution in [-0.4, -0.2) is 34.6 Å². The molecule has 0 amide bonds. The van der Waals surface area contributed by atoms with Gasteiger partial charge in [0.15, 0.2) is 0 Å². The Balaban J connectivity index is 2.36. The van der Waals surface area contributed by atoms with Gasteiger partial charge in [-0.25, -0.2) is 13.1 Å². The molecule has 1 aromatic rings. The van der Waals surface area contributed by atoms with Gasteiger partial charge in [0.05, 0.1) is 5.69 Å². The molecule has 0 aliphatic carbocycles. The SMILES string of the molecule is CNS(=O)(=O)c1ccccc1N1CCC(N)C(C)C1. The van der Waals surface area contributed by atoms with Crippen molar-refractivity contribution in [3.63, 3.8) is 0 Å². The van der Waals surface area contributed by atoms with Crippen LogP contribution in [0.5, 0.6) is 0 Å². The second-order valence-corrected chi connectivity index (χ2v) is 6.91. The van der Waals surface area contributed by atoms with Crippen molar-refractivity contribution in [2.45, 2.75) is 24.3 Å². The molecule has 19 heavy (non-hydrogen) atoms. The second-order valence-electron chi connectivity index (χ2n) is 5.05. The smallest absolute Gasteiger partial charge is 0.242 e. The minimum Gasteiger partial charge on any atom is -0.370 e. The van der Waals surface area contributed by atoms with Gasteiger partial charge in [-0.2, -0.15) is 0 Å². The molecule has 5 nitrogen and oxygen atoms in total. The second kappa shape index (κ2) is 5.48. The summed E-state index contributed by atoms with van der Waals surface area (Å²) in [6.07, 6.45) is 0.884. The molecule has 2 unspecified atom stereocenters. The quantitative estimate of drug-likeness (QED) is 0.859. The molecular formula is C13H21N3O2S. The minimum atomic E-state index is -3.43. The van der Waals surface area contributed by atoms with Gasteiger partial charge in [-0.1, -0.05) is 19.1 Å². The van der Waals surface area contributed by atoms with Gasteiger partial charge in [0, 0.05) is 19.1 Å². The zero-order chi connectivity index (χ0) is 14.0. The van der Waals surface area contributed by atoms with Crippen LogP contribution in [0.3, 0.4) is 0 Å². The lowest BCUT2D eigenvalue weighted by atomic mass is 9.94. The number of para-hydroxylation sites is 1. The van der Waals surface area contributed by atoms with Crippen molar-refractivity contribution in [1.82, 2.24) is 4.72 Å². The average Bonchev–Trinajstić information content (AvgIpc) is 2.42. The molecule has 3 N–H and O–H groups in total. The maximum atomic E-state index is 12.0. The highest BCUT2D eigenvalue weighted by molar-refractivity contribution is 7.89. The van der Waals surface area contributed by atoms with E-state index in [1.807, 2.05) is 12.1 Å². The number of benzene rings is 1. The minimum absolute atomic E-state index is 0.198. The van der Waals surface area contributed by atoms with Crippen LogP contribution in [0, 0.1) is 5.92 Å².